The van der Waals surface area contributed by atoms with Crippen LogP contribution in [0.25, 0.3) is 0 Å². The van der Waals surface area contributed by atoms with Crippen LogP contribution in [0.5, 0.6) is 0 Å². The molecule has 64 valence electrons. The third kappa shape index (κ3) is 5.90. The maximum Gasteiger partial charge on any atom is -0.0139 e. The molecule has 0 saturated carbocycles. The van der Waals surface area contributed by atoms with Gasteiger partial charge in [-0.3, -0.25) is 0 Å². The zero-order valence-electron chi connectivity index (χ0n) is 8.06. The predicted octanol–water partition coefficient (Wildman–Crippen LogP) is 4.09. The van der Waals surface area contributed by atoms with Gasteiger partial charge in [-0.2, -0.15) is 0 Å². The van der Waals surface area contributed by atoms with Crippen LogP contribution in [0.15, 0.2) is 23.8 Å². The van der Waals surface area contributed by atoms with E-state index in [1.54, 1.807) is 5.57 Å². The van der Waals surface area contributed by atoms with Crippen LogP contribution in [-0.4, -0.2) is 0 Å². The van der Waals surface area contributed by atoms with Gasteiger partial charge in [-0.25, -0.2) is 0 Å². The summed E-state index contributed by atoms with van der Waals surface area (Å²) in [5, 5.41) is 0. The van der Waals surface area contributed by atoms with Crippen LogP contribution in [0, 0.1) is 0 Å². The Morgan fingerprint density at radius 2 is 2.00 bits per heavy atom. The zero-order valence-corrected chi connectivity index (χ0v) is 8.06. The normalized spacial score (nSPS) is 12.8. The Hall–Kier alpha value is -0.520. The largest absolute Gasteiger partial charge is 0.0913 e. The lowest BCUT2D eigenvalue weighted by Gasteiger charge is -1.98. The molecule has 0 fully saturated rings. The van der Waals surface area contributed by atoms with Crippen molar-refractivity contribution in [3.63, 3.8) is 0 Å². The molecule has 0 unspecified atom stereocenters. The molecule has 0 rings (SSSR count). The Kier molecular flexibility index (Phi) is 7.23. The fraction of sp³-hybridized carbons (Fsp3) is 0.636. The van der Waals surface area contributed by atoms with E-state index in [-0.39, 0.29) is 0 Å². The van der Waals surface area contributed by atoms with Crippen LogP contribution in [0.2, 0.25) is 0 Å². The van der Waals surface area contributed by atoms with E-state index in [4.69, 9.17) is 0 Å². The lowest BCUT2D eigenvalue weighted by atomic mass is 10.1. The smallest absolute Gasteiger partial charge is 0.0139 e. The van der Waals surface area contributed by atoms with E-state index >= 15 is 0 Å². The van der Waals surface area contributed by atoms with Gasteiger partial charge in [0.2, 0.25) is 0 Å². The van der Waals surface area contributed by atoms with E-state index in [2.05, 4.69) is 39.0 Å². The number of hydrogen-bond acceptors (Lipinski definition) is 0. The third-order valence-electron chi connectivity index (χ3n) is 1.79. The van der Waals surface area contributed by atoms with E-state index < -0.39 is 0 Å². The fourth-order valence-electron chi connectivity index (χ4n) is 0.990. The predicted molar refractivity (Wildman–Crippen MR) is 52.7 cm³/mol. The average Bonchev–Trinajstić information content (AvgIpc) is 2.05. The van der Waals surface area contributed by atoms with Crippen molar-refractivity contribution in [2.24, 2.45) is 0 Å². The van der Waals surface area contributed by atoms with Crippen LogP contribution < -0.4 is 0 Å². The Bertz CT molecular complexity index is 129. The SMILES string of the molecule is C/C=C\C/C(=C\CCC)CC. The highest BCUT2D eigenvalue weighted by atomic mass is 13.9. The molecule has 0 aliphatic carbocycles. The van der Waals surface area contributed by atoms with Gasteiger partial charge in [0.15, 0.2) is 0 Å². The van der Waals surface area contributed by atoms with Crippen molar-refractivity contribution in [2.75, 3.05) is 0 Å². The van der Waals surface area contributed by atoms with Crippen molar-refractivity contribution < 1.29 is 0 Å². The van der Waals surface area contributed by atoms with E-state index in [9.17, 15) is 0 Å². The molecule has 0 amide bonds. The lowest BCUT2D eigenvalue weighted by Crippen LogP contribution is -1.78. The molecule has 0 aliphatic heterocycles. The van der Waals surface area contributed by atoms with Crippen LogP contribution in [0.1, 0.15) is 46.5 Å². The first-order valence-corrected chi connectivity index (χ1v) is 4.64. The van der Waals surface area contributed by atoms with Crippen LogP contribution in [0.3, 0.4) is 0 Å². The van der Waals surface area contributed by atoms with E-state index in [0.717, 1.165) is 6.42 Å². The third-order valence-corrected chi connectivity index (χ3v) is 1.79. The monoisotopic (exact) mass is 152 g/mol. The molecule has 0 aromatic carbocycles. The molecule has 0 nitrogen and oxygen atoms in total. The number of rotatable bonds is 5. The molecule has 0 heterocycles. The molecule has 0 aromatic heterocycles. The maximum absolute atomic E-state index is 2.38. The highest BCUT2D eigenvalue weighted by Gasteiger charge is 1.88. The summed E-state index contributed by atoms with van der Waals surface area (Å²) in [5.74, 6) is 0. The molecule has 0 aromatic rings. The van der Waals surface area contributed by atoms with Crippen molar-refractivity contribution in [1.82, 2.24) is 0 Å². The van der Waals surface area contributed by atoms with Crippen molar-refractivity contribution in [1.29, 1.82) is 0 Å². The van der Waals surface area contributed by atoms with Crippen LogP contribution >= 0.6 is 0 Å². The highest BCUT2D eigenvalue weighted by Crippen LogP contribution is 2.09. The van der Waals surface area contributed by atoms with Gasteiger partial charge in [0, 0.05) is 0 Å². The van der Waals surface area contributed by atoms with Crippen molar-refractivity contribution in [3.8, 4) is 0 Å². The van der Waals surface area contributed by atoms with Gasteiger partial charge in [0.05, 0.1) is 0 Å². The second-order valence-electron chi connectivity index (χ2n) is 2.78. The average molecular weight is 152 g/mol. The second kappa shape index (κ2) is 7.59. The maximum atomic E-state index is 2.38. The van der Waals surface area contributed by atoms with Gasteiger partial charge in [-0.05, 0) is 26.2 Å². The van der Waals surface area contributed by atoms with E-state index in [0.29, 0.717) is 0 Å². The van der Waals surface area contributed by atoms with Crippen LogP contribution in [0.4, 0.5) is 0 Å². The van der Waals surface area contributed by atoms with Crippen molar-refractivity contribution >= 4 is 0 Å². The van der Waals surface area contributed by atoms with Gasteiger partial charge in [-0.15, -0.1) is 0 Å². The molecular formula is C11H20. The highest BCUT2D eigenvalue weighted by molar-refractivity contribution is 5.06. The first kappa shape index (κ1) is 10.5. The minimum absolute atomic E-state index is 1.15. The summed E-state index contributed by atoms with van der Waals surface area (Å²) in [5.41, 5.74) is 1.57. The van der Waals surface area contributed by atoms with Crippen molar-refractivity contribution in [2.45, 2.75) is 46.5 Å². The summed E-state index contributed by atoms with van der Waals surface area (Å²) in [4.78, 5) is 0. The molecule has 0 aliphatic rings. The molecule has 0 saturated heterocycles. The molecular weight excluding hydrogens is 132 g/mol. The van der Waals surface area contributed by atoms with Gasteiger partial charge in [0.1, 0.15) is 0 Å². The Morgan fingerprint density at radius 1 is 1.27 bits per heavy atom. The summed E-state index contributed by atoms with van der Waals surface area (Å²) in [7, 11) is 0. The first-order chi connectivity index (χ1) is 5.35. The van der Waals surface area contributed by atoms with Gasteiger partial charge in [0.25, 0.3) is 0 Å². The van der Waals surface area contributed by atoms with Gasteiger partial charge in [-0.1, -0.05) is 44.1 Å². The van der Waals surface area contributed by atoms with Gasteiger partial charge >= 0.3 is 0 Å². The fourth-order valence-corrected chi connectivity index (χ4v) is 0.990. The molecule has 0 bridgehead atoms. The minimum atomic E-state index is 1.15. The number of hydrogen-bond donors (Lipinski definition) is 0. The molecule has 11 heavy (non-hydrogen) atoms. The van der Waals surface area contributed by atoms with Crippen LogP contribution in [-0.2, 0) is 0 Å². The van der Waals surface area contributed by atoms with Crippen molar-refractivity contribution in [3.05, 3.63) is 23.8 Å². The van der Waals surface area contributed by atoms with E-state index in [1.165, 1.54) is 19.3 Å². The molecule has 0 atom stereocenters. The standard InChI is InChI=1S/C11H20/c1-4-7-9-11(6-3)10-8-5-2/h4,7,10H,5-6,8-9H2,1-3H3/b7-4-,11-10-. The topological polar surface area (TPSA) is 0 Å². The summed E-state index contributed by atoms with van der Waals surface area (Å²) >= 11 is 0. The van der Waals surface area contributed by atoms with E-state index in [1.807, 2.05) is 0 Å². The molecule has 0 spiro atoms. The molecule has 0 N–H and O–H groups in total. The quantitative estimate of drug-likeness (QED) is 0.520. The Balaban J connectivity index is 3.73. The first-order valence-electron chi connectivity index (χ1n) is 4.64. The summed E-state index contributed by atoms with van der Waals surface area (Å²) < 4.78 is 0. The summed E-state index contributed by atoms with van der Waals surface area (Å²) in [6.07, 6.45) is 11.6. The number of allylic oxidation sites excluding steroid dienone is 4. The zero-order chi connectivity index (χ0) is 8.53. The molecule has 0 radical (unpaired) electrons. The number of unbranched alkanes of at least 4 members (excludes halogenated alkanes) is 1. The lowest BCUT2D eigenvalue weighted by molar-refractivity contribution is 0.919. The minimum Gasteiger partial charge on any atom is -0.0913 e. The Labute approximate surface area is 71.0 Å². The summed E-state index contributed by atoms with van der Waals surface area (Å²) in [6, 6.07) is 0. The summed E-state index contributed by atoms with van der Waals surface area (Å²) in [6.45, 7) is 6.53. The second-order valence-corrected chi connectivity index (χ2v) is 2.78. The van der Waals surface area contributed by atoms with Gasteiger partial charge < -0.3 is 0 Å². The Morgan fingerprint density at radius 3 is 2.45 bits per heavy atom. The molecule has 0 heteroatoms.